The fraction of sp³-hybridized carbons (Fsp3) is 0.500. The van der Waals surface area contributed by atoms with Gasteiger partial charge in [0.15, 0.2) is 0 Å². The van der Waals surface area contributed by atoms with Gasteiger partial charge in [0.1, 0.15) is 0 Å². The summed E-state index contributed by atoms with van der Waals surface area (Å²) in [7, 11) is 0. The van der Waals surface area contributed by atoms with Crippen molar-refractivity contribution in [3.05, 3.63) is 23.3 Å². The zero-order valence-electron chi connectivity index (χ0n) is 9.54. The maximum absolute atomic E-state index is 11.6. The molecule has 0 radical (unpaired) electrons. The van der Waals surface area contributed by atoms with Crippen molar-refractivity contribution in [1.29, 1.82) is 0 Å². The molecule has 0 spiro atoms. The van der Waals surface area contributed by atoms with Gasteiger partial charge in [0.25, 0.3) is 11.8 Å². The van der Waals surface area contributed by atoms with E-state index in [0.29, 0.717) is 24.1 Å². The highest BCUT2D eigenvalue weighted by atomic mass is 16.2. The van der Waals surface area contributed by atoms with Crippen molar-refractivity contribution in [3.8, 4) is 0 Å². The summed E-state index contributed by atoms with van der Waals surface area (Å²) in [6.07, 6.45) is 5.31. The average molecular weight is 207 g/mol. The highest BCUT2D eigenvalue weighted by Gasteiger charge is 2.35. The molecule has 0 bridgehead atoms. The normalized spacial score (nSPS) is 19.0. The van der Waals surface area contributed by atoms with Crippen LogP contribution in [-0.4, -0.2) is 23.3 Å². The number of likely N-dealkylation sites (N-methyl/N-ethyl adjacent to an activating group) is 1. The predicted octanol–water partition coefficient (Wildman–Crippen LogP) is 2.05. The van der Waals surface area contributed by atoms with Crippen LogP contribution in [0.15, 0.2) is 23.3 Å². The van der Waals surface area contributed by atoms with Gasteiger partial charge in [-0.1, -0.05) is 26.0 Å². The van der Waals surface area contributed by atoms with Gasteiger partial charge >= 0.3 is 0 Å². The van der Waals surface area contributed by atoms with Crippen molar-refractivity contribution in [3.63, 3.8) is 0 Å². The van der Waals surface area contributed by atoms with E-state index in [4.69, 9.17) is 0 Å². The Labute approximate surface area is 90.5 Å². The molecule has 1 heterocycles. The van der Waals surface area contributed by atoms with E-state index in [0.717, 1.165) is 6.42 Å². The number of amides is 2. The summed E-state index contributed by atoms with van der Waals surface area (Å²) in [6, 6.07) is 0. The molecule has 0 atom stereocenters. The second-order valence-corrected chi connectivity index (χ2v) is 3.19. The lowest BCUT2D eigenvalue weighted by Crippen LogP contribution is -2.31. The molecule has 2 aliphatic rings. The Morgan fingerprint density at radius 2 is 1.93 bits per heavy atom. The molecule has 3 nitrogen and oxygen atoms in total. The van der Waals surface area contributed by atoms with Crippen LogP contribution in [0.25, 0.3) is 0 Å². The van der Waals surface area contributed by atoms with Gasteiger partial charge in [0.2, 0.25) is 0 Å². The summed E-state index contributed by atoms with van der Waals surface area (Å²) in [4.78, 5) is 24.5. The van der Waals surface area contributed by atoms with E-state index in [2.05, 4.69) is 0 Å². The third kappa shape index (κ3) is 1.87. The molecule has 0 aromatic carbocycles. The summed E-state index contributed by atoms with van der Waals surface area (Å²) in [5.74, 6) is -0.217. The number of hydrogen-bond donors (Lipinski definition) is 0. The van der Waals surface area contributed by atoms with Crippen LogP contribution in [0.3, 0.4) is 0 Å². The lowest BCUT2D eigenvalue weighted by atomic mass is 10.00. The van der Waals surface area contributed by atoms with Crippen molar-refractivity contribution >= 4 is 11.8 Å². The van der Waals surface area contributed by atoms with Gasteiger partial charge in [-0.15, -0.1) is 0 Å². The highest BCUT2D eigenvalue weighted by Crippen LogP contribution is 2.28. The fourth-order valence-electron chi connectivity index (χ4n) is 1.77. The molecular formula is C12H17NO2. The topological polar surface area (TPSA) is 37.4 Å². The summed E-state index contributed by atoms with van der Waals surface area (Å²) in [5.41, 5.74) is 1.31. The minimum atomic E-state index is -0.126. The molecule has 2 rings (SSSR count). The Balaban J connectivity index is 0.000000531. The van der Waals surface area contributed by atoms with Crippen molar-refractivity contribution in [2.24, 2.45) is 0 Å². The van der Waals surface area contributed by atoms with Crippen LogP contribution >= 0.6 is 0 Å². The lowest BCUT2D eigenvalue weighted by Gasteiger charge is -2.10. The van der Waals surface area contributed by atoms with Crippen LogP contribution in [0.4, 0.5) is 0 Å². The lowest BCUT2D eigenvalue weighted by molar-refractivity contribution is -0.137. The molecule has 3 heteroatoms. The van der Waals surface area contributed by atoms with Crippen LogP contribution in [0.2, 0.25) is 0 Å². The Bertz CT molecular complexity index is 340. The van der Waals surface area contributed by atoms with E-state index < -0.39 is 0 Å². The van der Waals surface area contributed by atoms with Crippen molar-refractivity contribution in [2.75, 3.05) is 6.54 Å². The zero-order chi connectivity index (χ0) is 11.4. The highest BCUT2D eigenvalue weighted by molar-refractivity contribution is 6.20. The van der Waals surface area contributed by atoms with Crippen LogP contribution in [0, 0.1) is 0 Å². The number of allylic oxidation sites excluding steroid dienone is 1. The van der Waals surface area contributed by atoms with Crippen molar-refractivity contribution in [2.45, 2.75) is 33.6 Å². The maximum Gasteiger partial charge on any atom is 0.261 e. The molecule has 1 aliphatic carbocycles. The van der Waals surface area contributed by atoms with E-state index in [1.54, 1.807) is 6.08 Å². The molecule has 0 aromatic rings. The Morgan fingerprint density at radius 1 is 1.27 bits per heavy atom. The molecule has 0 saturated carbocycles. The number of carbonyl (C=O) groups is 2. The molecular weight excluding hydrogens is 190 g/mol. The monoisotopic (exact) mass is 207 g/mol. The first-order valence-corrected chi connectivity index (χ1v) is 5.51. The number of rotatable bonds is 1. The standard InChI is InChI=1S/C10H11NO2.C2H6/c1-2-11-9(12)7-5-3-4-6-8(7)10(11)13;1-2/h3,5H,2,4,6H2,1H3;1-2H3. The Hall–Kier alpha value is -1.38. The Morgan fingerprint density at radius 3 is 2.47 bits per heavy atom. The SMILES string of the molecule is CC.CCN1C(=O)C2=C(CCC=C2)C1=O. The van der Waals surface area contributed by atoms with Crippen LogP contribution < -0.4 is 0 Å². The summed E-state index contributed by atoms with van der Waals surface area (Å²) in [5, 5.41) is 0. The number of imide groups is 1. The van der Waals surface area contributed by atoms with Crippen LogP contribution in [0.1, 0.15) is 33.6 Å². The second-order valence-electron chi connectivity index (χ2n) is 3.19. The van der Waals surface area contributed by atoms with Crippen LogP contribution in [0.5, 0.6) is 0 Å². The van der Waals surface area contributed by atoms with E-state index in [-0.39, 0.29) is 11.8 Å². The van der Waals surface area contributed by atoms with E-state index in [1.807, 2.05) is 26.8 Å². The van der Waals surface area contributed by atoms with Crippen molar-refractivity contribution < 1.29 is 9.59 Å². The summed E-state index contributed by atoms with van der Waals surface area (Å²) < 4.78 is 0. The van der Waals surface area contributed by atoms with Crippen LogP contribution in [-0.2, 0) is 9.59 Å². The molecule has 0 fully saturated rings. The predicted molar refractivity (Wildman–Crippen MR) is 59.1 cm³/mol. The van der Waals surface area contributed by atoms with E-state index >= 15 is 0 Å². The largest absolute Gasteiger partial charge is 0.275 e. The third-order valence-electron chi connectivity index (χ3n) is 2.47. The molecule has 0 saturated heterocycles. The first-order chi connectivity index (χ1) is 7.25. The van der Waals surface area contributed by atoms with Gasteiger partial charge in [0, 0.05) is 17.7 Å². The summed E-state index contributed by atoms with van der Waals surface area (Å²) in [6.45, 7) is 6.29. The van der Waals surface area contributed by atoms with E-state index in [1.165, 1.54) is 4.90 Å². The van der Waals surface area contributed by atoms with Gasteiger partial charge in [0.05, 0.1) is 0 Å². The maximum atomic E-state index is 11.6. The van der Waals surface area contributed by atoms with Crippen molar-refractivity contribution in [1.82, 2.24) is 4.90 Å². The number of hydrogen-bond acceptors (Lipinski definition) is 2. The van der Waals surface area contributed by atoms with E-state index in [9.17, 15) is 9.59 Å². The van der Waals surface area contributed by atoms with Gasteiger partial charge in [-0.05, 0) is 19.8 Å². The second kappa shape index (κ2) is 4.91. The number of carbonyl (C=O) groups excluding carboxylic acids is 2. The first kappa shape index (κ1) is 11.7. The minimum Gasteiger partial charge on any atom is -0.275 e. The third-order valence-corrected chi connectivity index (χ3v) is 2.47. The quantitative estimate of drug-likeness (QED) is 0.617. The zero-order valence-corrected chi connectivity index (χ0v) is 9.54. The molecule has 15 heavy (non-hydrogen) atoms. The molecule has 0 unspecified atom stereocenters. The number of nitrogens with zero attached hydrogens (tertiary/aromatic N) is 1. The molecule has 1 aliphatic heterocycles. The smallest absolute Gasteiger partial charge is 0.261 e. The fourth-order valence-corrected chi connectivity index (χ4v) is 1.77. The molecule has 0 N–H and O–H groups in total. The molecule has 2 amide bonds. The molecule has 0 aromatic heterocycles. The first-order valence-electron chi connectivity index (χ1n) is 5.51. The Kier molecular flexibility index (Phi) is 3.83. The minimum absolute atomic E-state index is 0.0909. The van der Waals surface area contributed by atoms with Gasteiger partial charge < -0.3 is 0 Å². The van der Waals surface area contributed by atoms with Gasteiger partial charge in [-0.25, -0.2) is 0 Å². The summed E-state index contributed by atoms with van der Waals surface area (Å²) >= 11 is 0. The van der Waals surface area contributed by atoms with Gasteiger partial charge in [-0.2, -0.15) is 0 Å². The molecule has 82 valence electrons. The van der Waals surface area contributed by atoms with Gasteiger partial charge in [-0.3, -0.25) is 14.5 Å². The average Bonchev–Trinajstić information content (AvgIpc) is 2.55.